The zero-order valence-corrected chi connectivity index (χ0v) is 13.7. The van der Waals surface area contributed by atoms with Gasteiger partial charge in [0.1, 0.15) is 5.60 Å². The van der Waals surface area contributed by atoms with Crippen molar-refractivity contribution in [2.45, 2.75) is 65.5 Å². The molecule has 122 valence electrons. The third kappa shape index (κ3) is 6.33. The molecule has 0 spiro atoms. The van der Waals surface area contributed by atoms with Crippen LogP contribution in [-0.4, -0.2) is 30.3 Å². The Morgan fingerprint density at radius 3 is 2.43 bits per heavy atom. The van der Waals surface area contributed by atoms with E-state index in [1.54, 1.807) is 0 Å². The van der Waals surface area contributed by atoms with Crippen LogP contribution in [0.2, 0.25) is 0 Å². The SMILES string of the molecule is CCOC(=O)C1CCC(NNC(=O)OC(C)(C)C)CC1C. The Balaban J connectivity index is 2.35. The summed E-state index contributed by atoms with van der Waals surface area (Å²) in [6.45, 7) is 9.74. The van der Waals surface area contributed by atoms with E-state index in [2.05, 4.69) is 10.9 Å². The van der Waals surface area contributed by atoms with Crippen molar-refractivity contribution < 1.29 is 19.1 Å². The zero-order valence-electron chi connectivity index (χ0n) is 13.7. The standard InChI is InChI=1S/C15H28N2O4/c1-6-20-13(18)12-8-7-11(9-10(12)2)16-17-14(19)21-15(3,4)5/h10-12,16H,6-9H2,1-5H3,(H,17,19). The van der Waals surface area contributed by atoms with Crippen LogP contribution >= 0.6 is 0 Å². The number of amides is 1. The Kier molecular flexibility index (Phi) is 6.45. The summed E-state index contributed by atoms with van der Waals surface area (Å²) in [6.07, 6.45) is 1.93. The molecule has 6 nitrogen and oxygen atoms in total. The van der Waals surface area contributed by atoms with E-state index in [1.807, 2.05) is 34.6 Å². The molecule has 0 aromatic rings. The van der Waals surface area contributed by atoms with Gasteiger partial charge in [-0.1, -0.05) is 6.92 Å². The van der Waals surface area contributed by atoms with Crippen molar-refractivity contribution in [1.82, 2.24) is 10.9 Å². The van der Waals surface area contributed by atoms with Crippen LogP contribution in [0.5, 0.6) is 0 Å². The van der Waals surface area contributed by atoms with Crippen molar-refractivity contribution in [3.05, 3.63) is 0 Å². The summed E-state index contributed by atoms with van der Waals surface area (Å²) in [5.74, 6) is 0.0869. The number of hydrogen-bond acceptors (Lipinski definition) is 5. The second-order valence-electron chi connectivity index (χ2n) is 6.62. The van der Waals surface area contributed by atoms with Crippen LogP contribution in [0, 0.1) is 11.8 Å². The first-order valence-corrected chi connectivity index (χ1v) is 7.64. The number of hydrogen-bond donors (Lipinski definition) is 2. The van der Waals surface area contributed by atoms with Crippen molar-refractivity contribution in [2.75, 3.05) is 6.61 Å². The van der Waals surface area contributed by atoms with Gasteiger partial charge in [0.15, 0.2) is 0 Å². The van der Waals surface area contributed by atoms with E-state index in [9.17, 15) is 9.59 Å². The molecule has 1 aliphatic carbocycles. The molecule has 21 heavy (non-hydrogen) atoms. The molecule has 1 fully saturated rings. The Morgan fingerprint density at radius 1 is 1.24 bits per heavy atom. The van der Waals surface area contributed by atoms with Gasteiger partial charge in [-0.05, 0) is 52.9 Å². The molecule has 0 heterocycles. The van der Waals surface area contributed by atoms with Crippen LogP contribution < -0.4 is 10.9 Å². The summed E-state index contributed by atoms with van der Waals surface area (Å²) in [5, 5.41) is 0. The van der Waals surface area contributed by atoms with E-state index in [1.165, 1.54) is 0 Å². The number of esters is 1. The maximum atomic E-state index is 11.8. The summed E-state index contributed by atoms with van der Waals surface area (Å²) in [4.78, 5) is 23.4. The maximum Gasteiger partial charge on any atom is 0.422 e. The summed E-state index contributed by atoms with van der Waals surface area (Å²) in [7, 11) is 0. The number of hydrazine groups is 1. The Morgan fingerprint density at radius 2 is 1.90 bits per heavy atom. The topological polar surface area (TPSA) is 76.7 Å². The fourth-order valence-corrected chi connectivity index (χ4v) is 2.59. The van der Waals surface area contributed by atoms with Crippen LogP contribution in [0.1, 0.15) is 53.9 Å². The zero-order chi connectivity index (χ0) is 16.0. The third-order valence-corrected chi connectivity index (χ3v) is 3.54. The number of nitrogens with one attached hydrogen (secondary N) is 2. The first-order chi connectivity index (χ1) is 9.73. The van der Waals surface area contributed by atoms with Gasteiger partial charge in [0.25, 0.3) is 0 Å². The summed E-state index contributed by atoms with van der Waals surface area (Å²) < 4.78 is 10.3. The first-order valence-electron chi connectivity index (χ1n) is 7.64. The second-order valence-corrected chi connectivity index (χ2v) is 6.62. The predicted octanol–water partition coefficient (Wildman–Crippen LogP) is 2.38. The van der Waals surface area contributed by atoms with E-state index in [4.69, 9.17) is 9.47 Å². The van der Waals surface area contributed by atoms with Gasteiger partial charge in [0, 0.05) is 6.04 Å². The van der Waals surface area contributed by atoms with Gasteiger partial charge >= 0.3 is 12.1 Å². The van der Waals surface area contributed by atoms with E-state index in [0.717, 1.165) is 19.3 Å². The van der Waals surface area contributed by atoms with Crippen molar-refractivity contribution in [3.8, 4) is 0 Å². The summed E-state index contributed by atoms with van der Waals surface area (Å²) in [6, 6.07) is 0.151. The fourth-order valence-electron chi connectivity index (χ4n) is 2.59. The molecule has 0 saturated heterocycles. The molecule has 0 radical (unpaired) electrons. The summed E-state index contributed by atoms with van der Waals surface area (Å²) in [5.41, 5.74) is 5.05. The molecule has 0 aromatic carbocycles. The quantitative estimate of drug-likeness (QED) is 0.616. The molecular weight excluding hydrogens is 272 g/mol. The van der Waals surface area contributed by atoms with Gasteiger partial charge < -0.3 is 9.47 Å². The Labute approximate surface area is 126 Å². The molecule has 0 bridgehead atoms. The fraction of sp³-hybridized carbons (Fsp3) is 0.867. The lowest BCUT2D eigenvalue weighted by molar-refractivity contribution is -0.151. The Bertz CT molecular complexity index is 365. The van der Waals surface area contributed by atoms with E-state index < -0.39 is 11.7 Å². The van der Waals surface area contributed by atoms with Gasteiger partial charge in [-0.25, -0.2) is 10.2 Å². The van der Waals surface area contributed by atoms with Crippen LogP contribution in [0.15, 0.2) is 0 Å². The molecule has 0 aromatic heterocycles. The van der Waals surface area contributed by atoms with Crippen LogP contribution in [0.3, 0.4) is 0 Å². The average molecular weight is 300 g/mol. The molecule has 1 rings (SSSR count). The number of rotatable bonds is 4. The van der Waals surface area contributed by atoms with Crippen molar-refractivity contribution in [2.24, 2.45) is 11.8 Å². The number of carbonyl (C=O) groups is 2. The van der Waals surface area contributed by atoms with Gasteiger partial charge in [-0.3, -0.25) is 10.2 Å². The van der Waals surface area contributed by atoms with E-state index in [-0.39, 0.29) is 23.8 Å². The second kappa shape index (κ2) is 7.64. The minimum atomic E-state index is -0.513. The van der Waals surface area contributed by atoms with Crippen molar-refractivity contribution in [1.29, 1.82) is 0 Å². The van der Waals surface area contributed by atoms with Crippen LogP contribution in [-0.2, 0) is 14.3 Å². The lowest BCUT2D eigenvalue weighted by Crippen LogP contribution is -2.49. The highest BCUT2D eigenvalue weighted by Gasteiger charge is 2.33. The van der Waals surface area contributed by atoms with Gasteiger partial charge in [-0.15, -0.1) is 0 Å². The highest BCUT2D eigenvalue weighted by atomic mass is 16.6. The van der Waals surface area contributed by atoms with Crippen LogP contribution in [0.4, 0.5) is 4.79 Å². The van der Waals surface area contributed by atoms with Crippen LogP contribution in [0.25, 0.3) is 0 Å². The minimum absolute atomic E-state index is 0.0375. The average Bonchev–Trinajstić information content (AvgIpc) is 2.34. The van der Waals surface area contributed by atoms with Crippen molar-refractivity contribution in [3.63, 3.8) is 0 Å². The molecule has 6 heteroatoms. The highest BCUT2D eigenvalue weighted by molar-refractivity contribution is 5.72. The molecule has 0 aliphatic heterocycles. The van der Waals surface area contributed by atoms with E-state index in [0.29, 0.717) is 6.61 Å². The van der Waals surface area contributed by atoms with Gasteiger partial charge in [0.2, 0.25) is 0 Å². The summed E-state index contributed by atoms with van der Waals surface area (Å²) >= 11 is 0. The molecule has 3 unspecified atom stereocenters. The number of carbonyl (C=O) groups excluding carboxylic acids is 2. The molecule has 2 N–H and O–H groups in total. The van der Waals surface area contributed by atoms with E-state index >= 15 is 0 Å². The predicted molar refractivity (Wildman–Crippen MR) is 79.4 cm³/mol. The first kappa shape index (κ1) is 17.8. The molecule has 1 amide bonds. The lowest BCUT2D eigenvalue weighted by atomic mass is 9.78. The molecular formula is C15H28N2O4. The normalized spacial score (nSPS) is 26.0. The highest BCUT2D eigenvalue weighted by Crippen LogP contribution is 2.30. The molecule has 3 atom stereocenters. The monoisotopic (exact) mass is 300 g/mol. The lowest BCUT2D eigenvalue weighted by Gasteiger charge is -2.33. The maximum absolute atomic E-state index is 11.8. The van der Waals surface area contributed by atoms with Crippen molar-refractivity contribution >= 4 is 12.1 Å². The number of ether oxygens (including phenoxy) is 2. The molecule has 1 aliphatic rings. The smallest absolute Gasteiger partial charge is 0.422 e. The molecule has 1 saturated carbocycles. The van der Waals surface area contributed by atoms with Gasteiger partial charge in [-0.2, -0.15) is 0 Å². The third-order valence-electron chi connectivity index (χ3n) is 3.54. The largest absolute Gasteiger partial charge is 0.466 e. The minimum Gasteiger partial charge on any atom is -0.466 e. The van der Waals surface area contributed by atoms with Gasteiger partial charge in [0.05, 0.1) is 12.5 Å². The Hall–Kier alpha value is -1.30.